The number of carboxylic acid groups (broad SMARTS) is 2. The highest BCUT2D eigenvalue weighted by Gasteiger charge is 2.64. The number of fused-ring (bicyclic) bond motifs is 1. The minimum atomic E-state index is -1.44. The number of carboxylic acids is 2. The van der Waals surface area contributed by atoms with Crippen LogP contribution in [0.15, 0.2) is 30.3 Å². The number of nitrogens with zero attached hydrogens (tertiary/aromatic N) is 1. The average Bonchev–Trinajstić information content (AvgIpc) is 2.82. The fraction of sp³-hybridized carbons (Fsp3) is 0.412. The molecule has 138 valence electrons. The third kappa shape index (κ3) is 2.82. The predicted molar refractivity (Wildman–Crippen MR) is 92.5 cm³/mol. The number of thioether (sulfide) groups is 1. The molecule has 2 saturated heterocycles. The molecule has 2 aliphatic rings. The van der Waals surface area contributed by atoms with E-state index in [1.165, 1.54) is 28.8 Å². The summed E-state index contributed by atoms with van der Waals surface area (Å²) in [7, 11) is 0. The molecule has 2 heterocycles. The van der Waals surface area contributed by atoms with Gasteiger partial charge in [-0.1, -0.05) is 30.3 Å². The van der Waals surface area contributed by atoms with E-state index in [0.717, 1.165) is 0 Å². The van der Waals surface area contributed by atoms with Gasteiger partial charge in [0.2, 0.25) is 11.8 Å². The molecule has 0 aliphatic carbocycles. The van der Waals surface area contributed by atoms with Crippen LogP contribution in [0.3, 0.4) is 0 Å². The van der Waals surface area contributed by atoms with Crippen LogP contribution in [-0.4, -0.2) is 61.1 Å². The van der Waals surface area contributed by atoms with E-state index in [1.54, 1.807) is 32.0 Å². The first-order valence-electron chi connectivity index (χ1n) is 7.96. The first-order valence-corrected chi connectivity index (χ1v) is 8.84. The first-order chi connectivity index (χ1) is 12.1. The number of amides is 2. The molecule has 9 heteroatoms. The monoisotopic (exact) mass is 378 g/mol. The third-order valence-corrected chi connectivity index (χ3v) is 6.19. The number of aliphatic carboxylic acids is 2. The molecule has 4 atom stereocenters. The van der Waals surface area contributed by atoms with Gasteiger partial charge >= 0.3 is 11.9 Å². The first kappa shape index (κ1) is 18.2. The Morgan fingerprint density at radius 2 is 1.81 bits per heavy atom. The van der Waals surface area contributed by atoms with Crippen molar-refractivity contribution >= 4 is 35.5 Å². The van der Waals surface area contributed by atoms with Crippen molar-refractivity contribution in [2.45, 2.75) is 42.0 Å². The Hall–Kier alpha value is -2.55. The van der Waals surface area contributed by atoms with Gasteiger partial charge in [0.05, 0.1) is 0 Å². The maximum Gasteiger partial charge on any atom is 0.327 e. The fourth-order valence-corrected chi connectivity index (χ4v) is 5.06. The highest BCUT2D eigenvalue weighted by molar-refractivity contribution is 8.01. The van der Waals surface area contributed by atoms with Crippen molar-refractivity contribution in [1.82, 2.24) is 10.2 Å². The van der Waals surface area contributed by atoms with E-state index in [2.05, 4.69) is 5.32 Å². The van der Waals surface area contributed by atoms with E-state index in [-0.39, 0.29) is 0 Å². The second-order valence-corrected chi connectivity index (χ2v) is 8.54. The minimum Gasteiger partial charge on any atom is -0.480 e. The number of carbonyl (C=O) groups excluding carboxylic acids is 2. The lowest BCUT2D eigenvalue weighted by atomic mass is 9.94. The van der Waals surface area contributed by atoms with Crippen molar-refractivity contribution in [3.63, 3.8) is 0 Å². The molecule has 3 N–H and O–H groups in total. The highest BCUT2D eigenvalue weighted by atomic mass is 32.2. The van der Waals surface area contributed by atoms with Gasteiger partial charge in [-0.05, 0) is 19.4 Å². The van der Waals surface area contributed by atoms with Gasteiger partial charge < -0.3 is 20.4 Å². The molecule has 1 aromatic rings. The Balaban J connectivity index is 1.78. The zero-order valence-electron chi connectivity index (χ0n) is 14.1. The molecule has 0 saturated carbocycles. The van der Waals surface area contributed by atoms with Gasteiger partial charge in [-0.3, -0.25) is 14.4 Å². The van der Waals surface area contributed by atoms with Gasteiger partial charge in [-0.15, -0.1) is 11.8 Å². The van der Waals surface area contributed by atoms with Crippen LogP contribution >= 0.6 is 11.8 Å². The van der Waals surface area contributed by atoms with Gasteiger partial charge in [0.1, 0.15) is 17.5 Å². The summed E-state index contributed by atoms with van der Waals surface area (Å²) in [5.74, 6) is -5.16. The normalized spacial score (nSPS) is 27.2. The Morgan fingerprint density at radius 3 is 2.35 bits per heavy atom. The smallest absolute Gasteiger partial charge is 0.327 e. The second kappa shape index (κ2) is 6.31. The molecule has 0 aromatic heterocycles. The third-order valence-electron chi connectivity index (χ3n) is 4.61. The lowest BCUT2D eigenvalue weighted by molar-refractivity contribution is -0.161. The number of rotatable bonds is 5. The number of benzene rings is 1. The second-order valence-electron chi connectivity index (χ2n) is 6.77. The van der Waals surface area contributed by atoms with Gasteiger partial charge in [0.15, 0.2) is 5.92 Å². The number of nitrogens with one attached hydrogen (secondary N) is 1. The largest absolute Gasteiger partial charge is 0.480 e. The van der Waals surface area contributed by atoms with Crippen LogP contribution in [0, 0.1) is 0 Å². The molecule has 1 aromatic carbocycles. The van der Waals surface area contributed by atoms with Crippen LogP contribution in [0.25, 0.3) is 0 Å². The van der Waals surface area contributed by atoms with Crippen molar-refractivity contribution in [2.75, 3.05) is 0 Å². The fourth-order valence-electron chi connectivity index (χ4n) is 3.43. The molecule has 3 unspecified atom stereocenters. The lowest BCUT2D eigenvalue weighted by Crippen LogP contribution is -2.71. The standard InChI is InChI=1S/C17H18N2O6S/c1-17(2)11(16(24)25)19-13(21)10(14(19)26-17)18-12(20)9(15(22)23)8-6-4-3-5-7-8/h3-7,9-11,14H,1-2H3,(H,18,20)(H,22,23)(H,24,25)/t9?,10?,11?,14-/m0/s1. The van der Waals surface area contributed by atoms with Crippen LogP contribution in [0.4, 0.5) is 0 Å². The summed E-state index contributed by atoms with van der Waals surface area (Å²) in [6.07, 6.45) is 0. The molecule has 2 fully saturated rings. The summed E-state index contributed by atoms with van der Waals surface area (Å²) in [4.78, 5) is 49.2. The van der Waals surface area contributed by atoms with Crippen LogP contribution in [0.5, 0.6) is 0 Å². The lowest BCUT2D eigenvalue weighted by Gasteiger charge is -2.43. The Morgan fingerprint density at radius 1 is 1.19 bits per heavy atom. The summed E-state index contributed by atoms with van der Waals surface area (Å²) in [5.41, 5.74) is 0.309. The van der Waals surface area contributed by atoms with Crippen LogP contribution in [-0.2, 0) is 19.2 Å². The van der Waals surface area contributed by atoms with Crippen molar-refractivity contribution in [1.29, 1.82) is 0 Å². The number of carbonyl (C=O) groups is 4. The van der Waals surface area contributed by atoms with Gasteiger partial charge in [-0.25, -0.2) is 4.79 Å². The maximum atomic E-state index is 12.5. The van der Waals surface area contributed by atoms with Crippen molar-refractivity contribution in [3.8, 4) is 0 Å². The van der Waals surface area contributed by atoms with E-state index >= 15 is 0 Å². The minimum absolute atomic E-state index is 0.309. The van der Waals surface area contributed by atoms with E-state index in [9.17, 15) is 29.4 Å². The molecular formula is C17H18N2O6S. The quantitative estimate of drug-likeness (QED) is 0.503. The molecule has 0 spiro atoms. The zero-order valence-corrected chi connectivity index (χ0v) is 14.9. The van der Waals surface area contributed by atoms with Crippen molar-refractivity contribution in [3.05, 3.63) is 35.9 Å². The maximum absolute atomic E-state index is 12.5. The number of hydrogen-bond acceptors (Lipinski definition) is 5. The molecule has 26 heavy (non-hydrogen) atoms. The molecule has 2 amide bonds. The summed E-state index contributed by atoms with van der Waals surface area (Å²) < 4.78 is -0.711. The zero-order chi connectivity index (χ0) is 19.2. The average molecular weight is 378 g/mol. The molecule has 0 radical (unpaired) electrons. The summed E-state index contributed by atoms with van der Waals surface area (Å²) >= 11 is 1.29. The summed E-state index contributed by atoms with van der Waals surface area (Å²) in [6, 6.07) is 6.10. The topological polar surface area (TPSA) is 124 Å². The van der Waals surface area contributed by atoms with Crippen molar-refractivity contribution in [2.24, 2.45) is 0 Å². The van der Waals surface area contributed by atoms with Crippen LogP contribution < -0.4 is 5.32 Å². The van der Waals surface area contributed by atoms with Crippen LogP contribution in [0.2, 0.25) is 0 Å². The Labute approximate surface area is 153 Å². The molecular weight excluding hydrogens is 360 g/mol. The summed E-state index contributed by atoms with van der Waals surface area (Å²) in [6.45, 7) is 3.45. The Bertz CT molecular complexity index is 781. The SMILES string of the molecule is CC1(C)S[C@H]2C(NC(=O)C(C(=O)O)c3ccccc3)C(=O)N2C1C(=O)O. The van der Waals surface area contributed by atoms with Crippen molar-refractivity contribution < 1.29 is 29.4 Å². The number of hydrogen-bond donors (Lipinski definition) is 3. The highest BCUT2D eigenvalue weighted by Crippen LogP contribution is 2.50. The van der Waals surface area contributed by atoms with E-state index < -0.39 is 51.9 Å². The predicted octanol–water partition coefficient (Wildman–Crippen LogP) is 0.486. The van der Waals surface area contributed by atoms with Crippen LogP contribution in [0.1, 0.15) is 25.3 Å². The molecule has 2 aliphatic heterocycles. The van der Waals surface area contributed by atoms with Gasteiger partial charge in [-0.2, -0.15) is 0 Å². The van der Waals surface area contributed by atoms with Gasteiger partial charge in [0.25, 0.3) is 0 Å². The summed E-state index contributed by atoms with van der Waals surface area (Å²) in [5, 5.41) is 20.8. The molecule has 3 rings (SSSR count). The Kier molecular flexibility index (Phi) is 4.43. The molecule has 8 nitrogen and oxygen atoms in total. The van der Waals surface area contributed by atoms with E-state index in [0.29, 0.717) is 5.56 Å². The number of β-lactam (4-membered cyclic amide) rings is 1. The molecule has 0 bridgehead atoms. The van der Waals surface area contributed by atoms with Gasteiger partial charge in [0, 0.05) is 4.75 Å². The van der Waals surface area contributed by atoms with E-state index in [1.807, 2.05) is 0 Å². The van der Waals surface area contributed by atoms with E-state index in [4.69, 9.17) is 0 Å².